The molecule has 86 valence electrons. The van der Waals surface area contributed by atoms with E-state index < -0.39 is 5.82 Å². The van der Waals surface area contributed by atoms with Crippen LogP contribution >= 0.6 is 11.6 Å². The number of nitrogens with zero attached hydrogens (tertiary/aromatic N) is 1. The summed E-state index contributed by atoms with van der Waals surface area (Å²) >= 11 is 5.83. The van der Waals surface area contributed by atoms with Crippen LogP contribution in [0.4, 0.5) is 4.39 Å². The minimum Gasteiger partial charge on any atom is -0.473 e. The number of rotatable bonds is 2. The first-order valence-electron chi connectivity index (χ1n) is 5.35. The third-order valence-electron chi connectivity index (χ3n) is 3.37. The maximum absolute atomic E-state index is 12.8. The van der Waals surface area contributed by atoms with Crippen LogP contribution in [0.3, 0.4) is 0 Å². The van der Waals surface area contributed by atoms with Gasteiger partial charge >= 0.3 is 0 Å². The fraction of sp³-hybridized carbons (Fsp3) is 0.545. The highest BCUT2D eigenvalue weighted by Gasteiger charge is 2.49. The zero-order valence-electron chi connectivity index (χ0n) is 8.67. The van der Waals surface area contributed by atoms with Crippen molar-refractivity contribution in [3.8, 4) is 5.88 Å². The highest BCUT2D eigenvalue weighted by molar-refractivity contribution is 6.31. The molecule has 0 amide bonds. The summed E-state index contributed by atoms with van der Waals surface area (Å²) in [5.74, 6) is -0.0965. The summed E-state index contributed by atoms with van der Waals surface area (Å²) in [5, 5.41) is 3.50. The Hall–Kier alpha value is -0.870. The molecule has 16 heavy (non-hydrogen) atoms. The molecule has 1 aromatic heterocycles. The molecule has 2 fully saturated rings. The van der Waals surface area contributed by atoms with Gasteiger partial charge < -0.3 is 10.1 Å². The van der Waals surface area contributed by atoms with Gasteiger partial charge in [0.05, 0.1) is 6.20 Å². The van der Waals surface area contributed by atoms with E-state index in [9.17, 15) is 4.39 Å². The highest BCUT2D eigenvalue weighted by atomic mass is 35.5. The summed E-state index contributed by atoms with van der Waals surface area (Å²) < 4.78 is 18.4. The van der Waals surface area contributed by atoms with Crippen molar-refractivity contribution in [2.75, 3.05) is 13.1 Å². The second kappa shape index (κ2) is 3.57. The number of pyridine rings is 1. The van der Waals surface area contributed by atoms with Crippen LogP contribution in [-0.2, 0) is 0 Å². The van der Waals surface area contributed by atoms with Gasteiger partial charge in [0.25, 0.3) is 0 Å². The molecule has 1 spiro atoms. The topological polar surface area (TPSA) is 34.1 Å². The molecule has 1 aromatic rings. The molecule has 1 saturated heterocycles. The minimum atomic E-state index is -0.439. The van der Waals surface area contributed by atoms with Gasteiger partial charge in [0.2, 0.25) is 5.88 Å². The van der Waals surface area contributed by atoms with Gasteiger partial charge in [-0.25, -0.2) is 9.37 Å². The van der Waals surface area contributed by atoms with Crippen LogP contribution in [0, 0.1) is 11.2 Å². The van der Waals surface area contributed by atoms with Gasteiger partial charge in [0.15, 0.2) is 0 Å². The van der Waals surface area contributed by atoms with Crippen molar-refractivity contribution < 1.29 is 9.13 Å². The van der Waals surface area contributed by atoms with Crippen LogP contribution in [0.1, 0.15) is 12.8 Å². The normalized spacial score (nSPS) is 22.6. The predicted octanol–water partition coefficient (Wildman–Crippen LogP) is 2.00. The molecule has 0 atom stereocenters. The molecule has 5 heteroatoms. The van der Waals surface area contributed by atoms with Crippen molar-refractivity contribution in [1.29, 1.82) is 0 Å². The Labute approximate surface area is 98.0 Å². The van der Waals surface area contributed by atoms with Crippen LogP contribution in [0.2, 0.25) is 5.02 Å². The van der Waals surface area contributed by atoms with E-state index >= 15 is 0 Å². The molecular weight excluding hydrogens is 231 g/mol. The van der Waals surface area contributed by atoms with Crippen molar-refractivity contribution in [1.82, 2.24) is 10.3 Å². The fourth-order valence-electron chi connectivity index (χ4n) is 2.40. The second-order valence-corrected chi connectivity index (χ2v) is 5.10. The SMILES string of the molecule is Fc1cnc(OC2CC3(CNC3)C2)c(Cl)c1. The summed E-state index contributed by atoms with van der Waals surface area (Å²) in [4.78, 5) is 3.85. The second-order valence-electron chi connectivity index (χ2n) is 4.69. The average molecular weight is 243 g/mol. The van der Waals surface area contributed by atoms with Crippen LogP contribution in [0.5, 0.6) is 5.88 Å². The van der Waals surface area contributed by atoms with E-state index in [2.05, 4.69) is 10.3 Å². The third kappa shape index (κ3) is 1.66. The van der Waals surface area contributed by atoms with E-state index in [1.165, 1.54) is 6.07 Å². The molecule has 1 aliphatic heterocycles. The monoisotopic (exact) mass is 242 g/mol. The van der Waals surface area contributed by atoms with Gasteiger partial charge in [0, 0.05) is 18.5 Å². The van der Waals surface area contributed by atoms with Gasteiger partial charge in [-0.05, 0) is 18.9 Å². The molecule has 3 rings (SSSR count). The quantitative estimate of drug-likeness (QED) is 0.862. The lowest BCUT2D eigenvalue weighted by atomic mass is 9.63. The average Bonchev–Trinajstić information content (AvgIpc) is 2.10. The zero-order chi connectivity index (χ0) is 11.2. The Morgan fingerprint density at radius 3 is 2.81 bits per heavy atom. The molecule has 0 aromatic carbocycles. The first-order valence-corrected chi connectivity index (χ1v) is 5.73. The molecule has 1 aliphatic carbocycles. The molecule has 1 N–H and O–H groups in total. The lowest BCUT2D eigenvalue weighted by Gasteiger charge is -2.53. The third-order valence-corrected chi connectivity index (χ3v) is 3.64. The van der Waals surface area contributed by atoms with Gasteiger partial charge in [-0.3, -0.25) is 0 Å². The van der Waals surface area contributed by atoms with Crippen molar-refractivity contribution in [3.05, 3.63) is 23.1 Å². The standard InChI is InChI=1S/C11H12ClFN2O/c12-9-1-7(13)4-15-10(9)16-8-2-11(3-8)5-14-6-11/h1,4,8,14H,2-3,5-6H2. The molecule has 0 bridgehead atoms. The van der Waals surface area contributed by atoms with Crippen molar-refractivity contribution in [2.24, 2.45) is 5.41 Å². The summed E-state index contributed by atoms with van der Waals surface area (Å²) in [6, 6.07) is 1.23. The van der Waals surface area contributed by atoms with E-state index in [4.69, 9.17) is 16.3 Å². The number of aromatic nitrogens is 1. The van der Waals surface area contributed by atoms with E-state index in [0.29, 0.717) is 11.3 Å². The Bertz CT molecular complexity index is 414. The minimum absolute atomic E-state index is 0.178. The van der Waals surface area contributed by atoms with Gasteiger partial charge in [-0.2, -0.15) is 0 Å². The Kier molecular flexibility index (Phi) is 2.30. The van der Waals surface area contributed by atoms with Crippen LogP contribution < -0.4 is 10.1 Å². The van der Waals surface area contributed by atoms with E-state index in [1.54, 1.807) is 0 Å². The highest BCUT2D eigenvalue weighted by Crippen LogP contribution is 2.46. The first-order chi connectivity index (χ1) is 7.67. The number of nitrogens with one attached hydrogen (secondary N) is 1. The number of halogens is 2. The summed E-state index contributed by atoms with van der Waals surface area (Å²) in [6.45, 7) is 2.16. The molecule has 1 saturated carbocycles. The molecule has 3 nitrogen and oxygen atoms in total. The van der Waals surface area contributed by atoms with E-state index in [0.717, 1.165) is 32.1 Å². The van der Waals surface area contributed by atoms with Crippen LogP contribution in [0.25, 0.3) is 0 Å². The fourth-order valence-corrected chi connectivity index (χ4v) is 2.60. The van der Waals surface area contributed by atoms with Gasteiger partial charge in [-0.1, -0.05) is 11.6 Å². The molecule has 0 unspecified atom stereocenters. The Morgan fingerprint density at radius 2 is 2.25 bits per heavy atom. The van der Waals surface area contributed by atoms with Crippen molar-refractivity contribution in [3.63, 3.8) is 0 Å². The van der Waals surface area contributed by atoms with Crippen LogP contribution in [-0.4, -0.2) is 24.2 Å². The zero-order valence-corrected chi connectivity index (χ0v) is 9.43. The van der Waals surface area contributed by atoms with Crippen molar-refractivity contribution in [2.45, 2.75) is 18.9 Å². The maximum atomic E-state index is 12.8. The largest absolute Gasteiger partial charge is 0.473 e. The maximum Gasteiger partial charge on any atom is 0.233 e. The Morgan fingerprint density at radius 1 is 1.50 bits per heavy atom. The van der Waals surface area contributed by atoms with Gasteiger partial charge in [0.1, 0.15) is 16.9 Å². The molecule has 2 aliphatic rings. The summed E-state index contributed by atoms with van der Waals surface area (Å²) in [5.41, 5.74) is 0.456. The lowest BCUT2D eigenvalue weighted by Crippen LogP contribution is -2.62. The number of hydrogen-bond acceptors (Lipinski definition) is 3. The van der Waals surface area contributed by atoms with E-state index in [-0.39, 0.29) is 11.1 Å². The van der Waals surface area contributed by atoms with E-state index in [1.807, 2.05) is 0 Å². The number of ether oxygens (including phenoxy) is 1. The smallest absolute Gasteiger partial charge is 0.233 e. The van der Waals surface area contributed by atoms with Gasteiger partial charge in [-0.15, -0.1) is 0 Å². The molecular formula is C11H12ClFN2O. The predicted molar refractivity (Wildman–Crippen MR) is 58.2 cm³/mol. The lowest BCUT2D eigenvalue weighted by molar-refractivity contribution is -0.0513. The molecule has 2 heterocycles. The summed E-state index contributed by atoms with van der Waals surface area (Å²) in [7, 11) is 0. The summed E-state index contributed by atoms with van der Waals surface area (Å²) in [6.07, 6.45) is 3.38. The van der Waals surface area contributed by atoms with Crippen LogP contribution in [0.15, 0.2) is 12.3 Å². The first kappa shape index (κ1) is 10.3. The van der Waals surface area contributed by atoms with Crippen molar-refractivity contribution >= 4 is 11.6 Å². The Balaban J connectivity index is 1.62. The molecule has 0 radical (unpaired) electrons. The number of hydrogen-bond donors (Lipinski definition) is 1.